The zero-order valence-electron chi connectivity index (χ0n) is 8.30. The van der Waals surface area contributed by atoms with E-state index in [2.05, 4.69) is 26.6 Å². The zero-order valence-corrected chi connectivity index (χ0v) is 11.5. The van der Waals surface area contributed by atoms with E-state index in [1.54, 1.807) is 23.9 Å². The molecule has 1 atom stereocenters. The van der Waals surface area contributed by atoms with Crippen LogP contribution in [0.25, 0.3) is 0 Å². The van der Waals surface area contributed by atoms with Crippen LogP contribution < -0.4 is 10.6 Å². The molecule has 0 spiro atoms. The molecule has 1 heterocycles. The van der Waals surface area contributed by atoms with E-state index in [1.165, 1.54) is 0 Å². The smallest absolute Gasteiger partial charge is 0.242 e. The maximum absolute atomic E-state index is 11.8. The van der Waals surface area contributed by atoms with Crippen LogP contribution in [0.15, 0.2) is 22.7 Å². The normalized spacial score (nSPS) is 19.8. The first kappa shape index (κ1) is 12.2. The number of anilines is 1. The van der Waals surface area contributed by atoms with E-state index in [4.69, 9.17) is 11.6 Å². The van der Waals surface area contributed by atoms with Gasteiger partial charge in [0.2, 0.25) is 5.91 Å². The fourth-order valence-corrected chi connectivity index (χ4v) is 2.84. The predicted octanol–water partition coefficient (Wildman–Crippen LogP) is 2.70. The molecule has 16 heavy (non-hydrogen) atoms. The Morgan fingerprint density at radius 2 is 2.44 bits per heavy atom. The van der Waals surface area contributed by atoms with Gasteiger partial charge >= 0.3 is 0 Å². The van der Waals surface area contributed by atoms with Crippen LogP contribution in [-0.2, 0) is 4.79 Å². The molecule has 1 aliphatic rings. The molecule has 1 aromatic rings. The van der Waals surface area contributed by atoms with Crippen molar-refractivity contribution in [3.8, 4) is 0 Å². The minimum atomic E-state index is -0.115. The van der Waals surface area contributed by atoms with Gasteiger partial charge in [-0.25, -0.2) is 0 Å². The van der Waals surface area contributed by atoms with Gasteiger partial charge in [-0.15, -0.1) is 11.8 Å². The molecule has 2 rings (SSSR count). The summed E-state index contributed by atoms with van der Waals surface area (Å²) in [6.07, 6.45) is 0. The third-order valence-corrected chi connectivity index (χ3v) is 4.09. The molecule has 0 bridgehead atoms. The van der Waals surface area contributed by atoms with Crippen LogP contribution in [0.4, 0.5) is 5.69 Å². The predicted molar refractivity (Wildman–Crippen MR) is 72.0 cm³/mol. The van der Waals surface area contributed by atoms with Gasteiger partial charge < -0.3 is 5.32 Å². The summed E-state index contributed by atoms with van der Waals surface area (Å²) in [5.74, 6) is 1.62. The highest BCUT2D eigenvalue weighted by Gasteiger charge is 2.22. The number of benzene rings is 1. The molecule has 1 amide bonds. The fraction of sp³-hybridized carbons (Fsp3) is 0.300. The largest absolute Gasteiger partial charge is 0.324 e. The molecule has 1 fully saturated rings. The average molecular weight is 322 g/mol. The van der Waals surface area contributed by atoms with Crippen molar-refractivity contribution in [3.05, 3.63) is 27.7 Å². The van der Waals surface area contributed by atoms with Gasteiger partial charge in [0.25, 0.3) is 0 Å². The summed E-state index contributed by atoms with van der Waals surface area (Å²) in [7, 11) is 0. The van der Waals surface area contributed by atoms with Crippen LogP contribution >= 0.6 is 39.3 Å². The number of amides is 1. The molecule has 1 aromatic carbocycles. The Bertz CT molecular complexity index is 410. The van der Waals surface area contributed by atoms with Crippen LogP contribution in [0.1, 0.15) is 0 Å². The van der Waals surface area contributed by atoms with E-state index in [-0.39, 0.29) is 11.9 Å². The van der Waals surface area contributed by atoms with Gasteiger partial charge in [0.1, 0.15) is 0 Å². The number of nitrogens with one attached hydrogen (secondary N) is 2. The van der Waals surface area contributed by atoms with Gasteiger partial charge in [-0.1, -0.05) is 11.6 Å². The van der Waals surface area contributed by atoms with Crippen LogP contribution in [0.3, 0.4) is 0 Å². The van der Waals surface area contributed by atoms with Gasteiger partial charge in [0.05, 0.1) is 11.7 Å². The number of hydrogen-bond donors (Lipinski definition) is 2. The lowest BCUT2D eigenvalue weighted by Crippen LogP contribution is -2.37. The number of hydrogen-bond acceptors (Lipinski definition) is 3. The molecule has 0 aromatic heterocycles. The second kappa shape index (κ2) is 5.40. The molecule has 1 saturated heterocycles. The van der Waals surface area contributed by atoms with Crippen LogP contribution in [0.5, 0.6) is 0 Å². The van der Waals surface area contributed by atoms with E-state index < -0.39 is 0 Å². The minimum Gasteiger partial charge on any atom is -0.324 e. The molecule has 0 radical (unpaired) electrons. The van der Waals surface area contributed by atoms with Crippen molar-refractivity contribution in [1.29, 1.82) is 0 Å². The second-order valence-corrected chi connectivity index (χ2v) is 5.71. The number of rotatable bonds is 2. The summed E-state index contributed by atoms with van der Waals surface area (Å²) in [4.78, 5) is 11.8. The first-order valence-corrected chi connectivity index (χ1v) is 7.06. The van der Waals surface area contributed by atoms with E-state index in [0.717, 1.165) is 16.1 Å². The van der Waals surface area contributed by atoms with Crippen LogP contribution in [0.2, 0.25) is 5.02 Å². The molecular weight excluding hydrogens is 312 g/mol. The van der Waals surface area contributed by atoms with Crippen molar-refractivity contribution in [3.63, 3.8) is 0 Å². The Kier molecular flexibility index (Phi) is 4.13. The van der Waals surface area contributed by atoms with Gasteiger partial charge in [-0.05, 0) is 34.1 Å². The van der Waals surface area contributed by atoms with Crippen LogP contribution in [0, 0.1) is 0 Å². The summed E-state index contributed by atoms with van der Waals surface area (Å²) in [5, 5.41) is 6.56. The Morgan fingerprint density at radius 3 is 3.12 bits per heavy atom. The molecular formula is C10H10BrClN2OS. The molecule has 0 aliphatic carbocycles. The Morgan fingerprint density at radius 1 is 1.62 bits per heavy atom. The quantitative estimate of drug-likeness (QED) is 0.880. The zero-order chi connectivity index (χ0) is 11.5. The highest BCUT2D eigenvalue weighted by atomic mass is 79.9. The summed E-state index contributed by atoms with van der Waals surface area (Å²) in [6, 6.07) is 5.20. The van der Waals surface area contributed by atoms with E-state index in [1.807, 2.05) is 6.07 Å². The lowest BCUT2D eigenvalue weighted by molar-refractivity contribution is -0.117. The summed E-state index contributed by atoms with van der Waals surface area (Å²) >= 11 is 11.0. The molecule has 1 unspecified atom stereocenters. The maximum Gasteiger partial charge on any atom is 0.242 e. The number of halogens is 2. The third kappa shape index (κ3) is 2.91. The first-order valence-electron chi connectivity index (χ1n) is 4.74. The summed E-state index contributed by atoms with van der Waals surface area (Å²) < 4.78 is 0.830. The average Bonchev–Trinajstić information content (AvgIpc) is 2.76. The maximum atomic E-state index is 11.8. The van der Waals surface area contributed by atoms with Crippen molar-refractivity contribution in [1.82, 2.24) is 5.32 Å². The van der Waals surface area contributed by atoms with Crippen LogP contribution in [-0.4, -0.2) is 23.6 Å². The lowest BCUT2D eigenvalue weighted by Gasteiger charge is -2.11. The molecule has 3 nitrogen and oxygen atoms in total. The molecule has 6 heteroatoms. The molecule has 2 N–H and O–H groups in total. The van der Waals surface area contributed by atoms with E-state index >= 15 is 0 Å². The van der Waals surface area contributed by atoms with Crippen molar-refractivity contribution in [2.45, 2.75) is 6.04 Å². The van der Waals surface area contributed by atoms with Crippen molar-refractivity contribution in [2.24, 2.45) is 0 Å². The lowest BCUT2D eigenvalue weighted by atomic mass is 10.2. The Balaban J connectivity index is 2.07. The van der Waals surface area contributed by atoms with Gasteiger partial charge in [0, 0.05) is 21.1 Å². The second-order valence-electron chi connectivity index (χ2n) is 3.39. The minimum absolute atomic E-state index is 0.0204. The van der Waals surface area contributed by atoms with Crippen molar-refractivity contribution < 1.29 is 4.79 Å². The SMILES string of the molecule is O=C(Nc1cc(Cl)ccc1Br)C1CSCN1. The molecule has 86 valence electrons. The van der Waals surface area contributed by atoms with Gasteiger partial charge in [-0.2, -0.15) is 0 Å². The van der Waals surface area contributed by atoms with Gasteiger partial charge in [-0.3, -0.25) is 10.1 Å². The first-order chi connectivity index (χ1) is 7.66. The van der Waals surface area contributed by atoms with Crippen molar-refractivity contribution >= 4 is 50.9 Å². The monoisotopic (exact) mass is 320 g/mol. The highest BCUT2D eigenvalue weighted by molar-refractivity contribution is 9.10. The summed E-state index contributed by atoms with van der Waals surface area (Å²) in [5.41, 5.74) is 0.705. The standard InChI is InChI=1S/C10H10BrClN2OS/c11-7-2-1-6(12)3-8(7)14-10(15)9-4-16-5-13-9/h1-3,9,13H,4-5H2,(H,14,15). The van der Waals surface area contributed by atoms with E-state index in [0.29, 0.717) is 10.7 Å². The Hall–Kier alpha value is -0.230. The number of thioether (sulfide) groups is 1. The Labute approximate surface area is 111 Å². The van der Waals surface area contributed by atoms with Gasteiger partial charge in [0.15, 0.2) is 0 Å². The molecule has 0 saturated carbocycles. The number of carbonyl (C=O) groups excluding carboxylic acids is 1. The topological polar surface area (TPSA) is 41.1 Å². The summed E-state index contributed by atoms with van der Waals surface area (Å²) in [6.45, 7) is 0. The highest BCUT2D eigenvalue weighted by Crippen LogP contribution is 2.26. The molecule has 1 aliphatic heterocycles. The van der Waals surface area contributed by atoms with E-state index in [9.17, 15) is 4.79 Å². The number of carbonyl (C=O) groups is 1. The van der Waals surface area contributed by atoms with Crippen molar-refractivity contribution in [2.75, 3.05) is 16.9 Å². The fourth-order valence-electron chi connectivity index (χ4n) is 1.38. The third-order valence-electron chi connectivity index (χ3n) is 2.22.